The number of rotatable bonds is 2. The SMILES string of the molecule is Cc1c(CBr)ccc(C(C)O)c1C. The molecule has 2 heteroatoms. The van der Waals surface area contributed by atoms with E-state index in [9.17, 15) is 5.11 Å². The van der Waals surface area contributed by atoms with Crippen LogP contribution in [0.4, 0.5) is 0 Å². The van der Waals surface area contributed by atoms with E-state index in [0.29, 0.717) is 0 Å². The van der Waals surface area contributed by atoms with Crippen LogP contribution < -0.4 is 0 Å². The number of hydrogen-bond acceptors (Lipinski definition) is 1. The maximum Gasteiger partial charge on any atom is 0.0764 e. The Morgan fingerprint density at radius 2 is 1.92 bits per heavy atom. The van der Waals surface area contributed by atoms with E-state index in [1.54, 1.807) is 6.92 Å². The number of alkyl halides is 1. The smallest absolute Gasteiger partial charge is 0.0764 e. The molecule has 0 aliphatic rings. The molecule has 72 valence electrons. The summed E-state index contributed by atoms with van der Waals surface area (Å²) in [6.07, 6.45) is -0.372. The third-order valence-corrected chi connectivity index (χ3v) is 3.14. The van der Waals surface area contributed by atoms with Gasteiger partial charge in [-0.2, -0.15) is 0 Å². The Hall–Kier alpha value is -0.340. The normalized spacial score (nSPS) is 13.0. The summed E-state index contributed by atoms with van der Waals surface area (Å²) in [5, 5.41) is 10.4. The van der Waals surface area contributed by atoms with Crippen molar-refractivity contribution >= 4 is 15.9 Å². The van der Waals surface area contributed by atoms with Gasteiger partial charge in [0.15, 0.2) is 0 Å². The van der Waals surface area contributed by atoms with E-state index in [0.717, 1.165) is 10.9 Å². The molecule has 1 atom stereocenters. The third-order valence-electron chi connectivity index (χ3n) is 2.54. The van der Waals surface area contributed by atoms with Gasteiger partial charge in [0.05, 0.1) is 6.10 Å². The summed E-state index contributed by atoms with van der Waals surface area (Å²) in [5.41, 5.74) is 4.80. The molecule has 0 saturated carbocycles. The van der Waals surface area contributed by atoms with Crippen LogP contribution in [0.15, 0.2) is 12.1 Å². The predicted molar refractivity (Wildman–Crippen MR) is 59.2 cm³/mol. The zero-order valence-electron chi connectivity index (χ0n) is 8.26. The predicted octanol–water partition coefficient (Wildman–Crippen LogP) is 3.25. The van der Waals surface area contributed by atoms with Gasteiger partial charge in [-0.05, 0) is 43.0 Å². The highest BCUT2D eigenvalue weighted by atomic mass is 79.9. The Kier molecular flexibility index (Phi) is 3.51. The van der Waals surface area contributed by atoms with Crippen LogP contribution in [0.5, 0.6) is 0 Å². The molecule has 1 aromatic rings. The van der Waals surface area contributed by atoms with E-state index in [1.807, 2.05) is 6.07 Å². The first-order valence-corrected chi connectivity index (χ1v) is 5.53. The molecular weight excluding hydrogens is 228 g/mol. The largest absolute Gasteiger partial charge is 0.389 e. The number of aliphatic hydroxyl groups is 1. The summed E-state index contributed by atoms with van der Waals surface area (Å²) in [4.78, 5) is 0. The molecule has 0 aliphatic carbocycles. The van der Waals surface area contributed by atoms with Crippen LogP contribution >= 0.6 is 15.9 Å². The van der Waals surface area contributed by atoms with E-state index in [4.69, 9.17) is 0 Å². The molecule has 0 spiro atoms. The molecular formula is C11H15BrO. The lowest BCUT2D eigenvalue weighted by molar-refractivity contribution is 0.198. The van der Waals surface area contributed by atoms with E-state index in [1.165, 1.54) is 16.7 Å². The van der Waals surface area contributed by atoms with Gasteiger partial charge in [0, 0.05) is 5.33 Å². The highest BCUT2D eigenvalue weighted by Crippen LogP contribution is 2.24. The van der Waals surface area contributed by atoms with Gasteiger partial charge < -0.3 is 5.11 Å². The molecule has 0 radical (unpaired) electrons. The van der Waals surface area contributed by atoms with E-state index in [2.05, 4.69) is 35.8 Å². The quantitative estimate of drug-likeness (QED) is 0.790. The molecule has 0 fully saturated rings. The first-order valence-electron chi connectivity index (χ1n) is 4.41. The average molecular weight is 243 g/mol. The molecule has 1 nitrogen and oxygen atoms in total. The summed E-state index contributed by atoms with van der Waals surface area (Å²) in [6, 6.07) is 4.07. The van der Waals surface area contributed by atoms with Crippen molar-refractivity contribution in [2.45, 2.75) is 32.2 Å². The van der Waals surface area contributed by atoms with Crippen LogP contribution in [0.1, 0.15) is 35.3 Å². The minimum absolute atomic E-state index is 0.372. The Labute approximate surface area is 87.9 Å². The maximum atomic E-state index is 9.48. The zero-order valence-corrected chi connectivity index (χ0v) is 9.85. The second-order valence-corrected chi connectivity index (χ2v) is 3.93. The van der Waals surface area contributed by atoms with Crippen molar-refractivity contribution in [3.63, 3.8) is 0 Å². The van der Waals surface area contributed by atoms with Crippen molar-refractivity contribution in [2.24, 2.45) is 0 Å². The monoisotopic (exact) mass is 242 g/mol. The molecule has 1 N–H and O–H groups in total. The second-order valence-electron chi connectivity index (χ2n) is 3.37. The highest BCUT2D eigenvalue weighted by molar-refractivity contribution is 9.08. The van der Waals surface area contributed by atoms with Crippen LogP contribution in [0.2, 0.25) is 0 Å². The van der Waals surface area contributed by atoms with E-state index < -0.39 is 0 Å². The zero-order chi connectivity index (χ0) is 10.0. The molecule has 0 saturated heterocycles. The summed E-state index contributed by atoms with van der Waals surface area (Å²) in [5.74, 6) is 0. The molecule has 13 heavy (non-hydrogen) atoms. The van der Waals surface area contributed by atoms with Crippen LogP contribution in [0.3, 0.4) is 0 Å². The number of benzene rings is 1. The average Bonchev–Trinajstić information content (AvgIpc) is 2.09. The third kappa shape index (κ3) is 2.12. The van der Waals surface area contributed by atoms with Gasteiger partial charge >= 0.3 is 0 Å². The van der Waals surface area contributed by atoms with Gasteiger partial charge in [-0.3, -0.25) is 0 Å². The van der Waals surface area contributed by atoms with Gasteiger partial charge in [0.25, 0.3) is 0 Å². The minimum Gasteiger partial charge on any atom is -0.389 e. The van der Waals surface area contributed by atoms with Crippen molar-refractivity contribution in [1.82, 2.24) is 0 Å². The van der Waals surface area contributed by atoms with Crippen molar-refractivity contribution in [3.05, 3.63) is 34.4 Å². The van der Waals surface area contributed by atoms with Gasteiger partial charge in [-0.25, -0.2) is 0 Å². The number of hydrogen-bond donors (Lipinski definition) is 1. The van der Waals surface area contributed by atoms with E-state index >= 15 is 0 Å². The summed E-state index contributed by atoms with van der Waals surface area (Å²) < 4.78 is 0. The molecule has 0 amide bonds. The first kappa shape index (κ1) is 10.7. The highest BCUT2D eigenvalue weighted by Gasteiger charge is 2.08. The molecule has 0 heterocycles. The Morgan fingerprint density at radius 3 is 2.38 bits per heavy atom. The molecule has 0 aromatic heterocycles. The first-order chi connectivity index (χ1) is 6.07. The minimum atomic E-state index is -0.372. The van der Waals surface area contributed by atoms with Crippen molar-refractivity contribution in [2.75, 3.05) is 0 Å². The molecule has 0 bridgehead atoms. The van der Waals surface area contributed by atoms with Crippen molar-refractivity contribution in [1.29, 1.82) is 0 Å². The standard InChI is InChI=1S/C11H15BrO/c1-7-8(2)11(9(3)13)5-4-10(7)6-12/h4-5,9,13H,6H2,1-3H3. The lowest BCUT2D eigenvalue weighted by Gasteiger charge is -2.13. The number of aliphatic hydroxyl groups excluding tert-OH is 1. The fourth-order valence-electron chi connectivity index (χ4n) is 1.50. The Bertz CT molecular complexity index is 305. The van der Waals surface area contributed by atoms with Crippen LogP contribution in [0, 0.1) is 13.8 Å². The Balaban J connectivity index is 3.23. The fraction of sp³-hybridized carbons (Fsp3) is 0.455. The van der Waals surface area contributed by atoms with Gasteiger partial charge in [-0.1, -0.05) is 28.1 Å². The summed E-state index contributed by atoms with van der Waals surface area (Å²) in [7, 11) is 0. The molecule has 1 rings (SSSR count). The molecule has 0 aliphatic heterocycles. The summed E-state index contributed by atoms with van der Waals surface area (Å²) in [6.45, 7) is 5.96. The number of halogens is 1. The van der Waals surface area contributed by atoms with Gasteiger partial charge in [0.2, 0.25) is 0 Å². The fourth-order valence-corrected chi connectivity index (χ4v) is 2.10. The van der Waals surface area contributed by atoms with Crippen molar-refractivity contribution < 1.29 is 5.11 Å². The molecule has 1 unspecified atom stereocenters. The lowest BCUT2D eigenvalue weighted by Crippen LogP contribution is -1.99. The second kappa shape index (κ2) is 4.25. The van der Waals surface area contributed by atoms with E-state index in [-0.39, 0.29) is 6.10 Å². The van der Waals surface area contributed by atoms with Crippen LogP contribution in [-0.4, -0.2) is 5.11 Å². The van der Waals surface area contributed by atoms with Gasteiger partial charge in [0.1, 0.15) is 0 Å². The van der Waals surface area contributed by atoms with Crippen LogP contribution in [0.25, 0.3) is 0 Å². The summed E-state index contributed by atoms with van der Waals surface area (Å²) >= 11 is 3.44. The van der Waals surface area contributed by atoms with Crippen LogP contribution in [-0.2, 0) is 5.33 Å². The maximum absolute atomic E-state index is 9.48. The Morgan fingerprint density at radius 1 is 1.31 bits per heavy atom. The van der Waals surface area contributed by atoms with Gasteiger partial charge in [-0.15, -0.1) is 0 Å². The van der Waals surface area contributed by atoms with Crippen molar-refractivity contribution in [3.8, 4) is 0 Å². The molecule has 1 aromatic carbocycles. The lowest BCUT2D eigenvalue weighted by atomic mass is 9.96. The topological polar surface area (TPSA) is 20.2 Å².